The molecule has 0 bridgehead atoms. The predicted molar refractivity (Wildman–Crippen MR) is 86.3 cm³/mol. The fraction of sp³-hybridized carbons (Fsp3) is 0.688. The molecule has 112 valence electrons. The summed E-state index contributed by atoms with van der Waals surface area (Å²) in [5.74, 6) is 1.40. The molecule has 0 amide bonds. The van der Waals surface area contributed by atoms with Gasteiger partial charge >= 0.3 is 0 Å². The highest BCUT2D eigenvalue weighted by Gasteiger charge is 2.21. The Balaban J connectivity index is 2.07. The monoisotopic (exact) mass is 294 g/mol. The highest BCUT2D eigenvalue weighted by molar-refractivity contribution is 7.99. The van der Waals surface area contributed by atoms with Crippen LogP contribution in [0.4, 0.5) is 5.69 Å². The smallest absolute Gasteiger partial charge is 0.238 e. The van der Waals surface area contributed by atoms with E-state index in [2.05, 4.69) is 11.9 Å². The lowest BCUT2D eigenvalue weighted by Crippen LogP contribution is -2.24. The van der Waals surface area contributed by atoms with Gasteiger partial charge in [-0.1, -0.05) is 19.8 Å². The minimum Gasteiger partial charge on any atom is -0.470 e. The Hall–Kier alpha value is -0.900. The third kappa shape index (κ3) is 4.58. The molecule has 2 N–H and O–H groups in total. The Morgan fingerprint density at radius 1 is 1.30 bits per heavy atom. The van der Waals surface area contributed by atoms with Crippen molar-refractivity contribution in [1.82, 2.24) is 4.98 Å². The average molecular weight is 294 g/mol. The first-order valence-electron chi connectivity index (χ1n) is 7.45. The Morgan fingerprint density at radius 2 is 2.05 bits per heavy atom. The minimum atomic E-state index is -0.274. The second kappa shape index (κ2) is 6.25. The molecule has 0 radical (unpaired) electrons. The zero-order valence-electron chi connectivity index (χ0n) is 13.0. The van der Waals surface area contributed by atoms with Crippen molar-refractivity contribution in [2.75, 3.05) is 5.73 Å². The van der Waals surface area contributed by atoms with Gasteiger partial charge in [-0.2, -0.15) is 0 Å². The fourth-order valence-corrected chi connectivity index (χ4v) is 3.86. The summed E-state index contributed by atoms with van der Waals surface area (Å²) in [4.78, 5) is 4.59. The molecule has 2 atom stereocenters. The molecular weight excluding hydrogens is 268 g/mol. The van der Waals surface area contributed by atoms with E-state index in [9.17, 15) is 0 Å². The molecule has 1 aromatic rings. The van der Waals surface area contributed by atoms with E-state index in [0.29, 0.717) is 16.8 Å². The first-order valence-corrected chi connectivity index (χ1v) is 8.33. The number of hydrogen-bond acceptors (Lipinski definition) is 4. The number of anilines is 1. The lowest BCUT2D eigenvalue weighted by Gasteiger charge is -2.26. The fourth-order valence-electron chi connectivity index (χ4n) is 2.53. The summed E-state index contributed by atoms with van der Waals surface area (Å²) in [6, 6.07) is 3.91. The van der Waals surface area contributed by atoms with Crippen LogP contribution in [0, 0.1) is 5.92 Å². The zero-order chi connectivity index (χ0) is 14.8. The van der Waals surface area contributed by atoms with Crippen LogP contribution < -0.4 is 10.5 Å². The van der Waals surface area contributed by atoms with Gasteiger partial charge in [0, 0.05) is 5.25 Å². The molecule has 1 saturated carbocycles. The van der Waals surface area contributed by atoms with E-state index in [1.165, 1.54) is 25.7 Å². The molecule has 1 heterocycles. The summed E-state index contributed by atoms with van der Waals surface area (Å²) in [5, 5.41) is 1.70. The summed E-state index contributed by atoms with van der Waals surface area (Å²) >= 11 is 1.87. The van der Waals surface area contributed by atoms with Crippen molar-refractivity contribution in [3.05, 3.63) is 12.1 Å². The molecule has 0 aromatic carbocycles. The normalized spacial score (nSPS) is 23.6. The van der Waals surface area contributed by atoms with Gasteiger partial charge in [0.05, 0.1) is 5.69 Å². The third-order valence-corrected chi connectivity index (χ3v) is 4.67. The van der Waals surface area contributed by atoms with Crippen molar-refractivity contribution >= 4 is 17.4 Å². The largest absolute Gasteiger partial charge is 0.470 e. The van der Waals surface area contributed by atoms with Crippen molar-refractivity contribution < 1.29 is 4.74 Å². The summed E-state index contributed by atoms with van der Waals surface area (Å²) in [6.07, 6.45) is 5.27. The van der Waals surface area contributed by atoms with Gasteiger partial charge < -0.3 is 10.5 Å². The molecule has 0 saturated heterocycles. The summed E-state index contributed by atoms with van der Waals surface area (Å²) < 4.78 is 5.83. The van der Waals surface area contributed by atoms with E-state index in [1.54, 1.807) is 0 Å². The van der Waals surface area contributed by atoms with E-state index < -0.39 is 0 Å². The highest BCUT2D eigenvalue weighted by atomic mass is 32.2. The highest BCUT2D eigenvalue weighted by Crippen LogP contribution is 2.36. The van der Waals surface area contributed by atoms with Gasteiger partial charge in [-0.3, -0.25) is 0 Å². The van der Waals surface area contributed by atoms with Gasteiger partial charge in [-0.05, 0) is 51.7 Å². The van der Waals surface area contributed by atoms with Crippen molar-refractivity contribution in [2.45, 2.75) is 69.3 Å². The number of ether oxygens (including phenoxy) is 1. The number of nitrogen functional groups attached to an aromatic ring is 1. The van der Waals surface area contributed by atoms with E-state index in [1.807, 2.05) is 44.7 Å². The van der Waals surface area contributed by atoms with Crippen LogP contribution in [-0.2, 0) is 0 Å². The minimum absolute atomic E-state index is 0.274. The Morgan fingerprint density at radius 3 is 2.70 bits per heavy atom. The van der Waals surface area contributed by atoms with E-state index >= 15 is 0 Å². The van der Waals surface area contributed by atoms with Crippen LogP contribution in [0.1, 0.15) is 53.4 Å². The number of nitrogens with zero attached hydrogens (tertiary/aromatic N) is 1. The number of aromatic nitrogens is 1. The number of nitrogens with two attached hydrogens (primary N) is 1. The van der Waals surface area contributed by atoms with Crippen molar-refractivity contribution in [1.29, 1.82) is 0 Å². The molecule has 0 spiro atoms. The first-order chi connectivity index (χ1) is 9.33. The number of thioether (sulfide) groups is 1. The van der Waals surface area contributed by atoms with Gasteiger partial charge in [0.1, 0.15) is 10.6 Å². The molecule has 4 heteroatoms. The maximum Gasteiger partial charge on any atom is 0.238 e. The van der Waals surface area contributed by atoms with Crippen LogP contribution in [-0.4, -0.2) is 15.8 Å². The molecule has 1 aromatic heterocycles. The van der Waals surface area contributed by atoms with Gasteiger partial charge in [0.2, 0.25) is 5.88 Å². The van der Waals surface area contributed by atoms with Crippen molar-refractivity contribution in [3.63, 3.8) is 0 Å². The molecule has 2 rings (SSSR count). The molecule has 1 aliphatic carbocycles. The average Bonchev–Trinajstić information content (AvgIpc) is 2.32. The van der Waals surface area contributed by atoms with E-state index in [0.717, 1.165) is 10.9 Å². The van der Waals surface area contributed by atoms with Crippen LogP contribution in [0.25, 0.3) is 0 Å². The molecule has 1 fully saturated rings. The Labute approximate surface area is 126 Å². The van der Waals surface area contributed by atoms with Gasteiger partial charge in [0.25, 0.3) is 0 Å². The number of rotatable bonds is 3. The molecule has 2 unspecified atom stereocenters. The maximum atomic E-state index is 5.96. The Kier molecular flexibility index (Phi) is 4.84. The van der Waals surface area contributed by atoms with Crippen molar-refractivity contribution in [3.8, 4) is 5.88 Å². The van der Waals surface area contributed by atoms with Crippen LogP contribution >= 0.6 is 11.8 Å². The topological polar surface area (TPSA) is 48.1 Å². The molecule has 0 aliphatic heterocycles. The predicted octanol–water partition coefficient (Wildman–Crippen LogP) is 4.51. The number of hydrogen-bond donors (Lipinski definition) is 1. The van der Waals surface area contributed by atoms with E-state index in [-0.39, 0.29) is 5.60 Å². The summed E-state index contributed by atoms with van der Waals surface area (Å²) in [7, 11) is 0. The standard InChI is InChI=1S/C16H26N2OS/c1-11-6-5-7-12(10-11)20-14-9-8-13(17)15(18-14)19-16(2,3)4/h8-9,11-12H,5-7,10,17H2,1-4H3. The molecule has 3 nitrogen and oxygen atoms in total. The maximum absolute atomic E-state index is 5.96. The SMILES string of the molecule is CC1CCCC(Sc2ccc(N)c(OC(C)(C)C)n2)C1. The van der Waals surface area contributed by atoms with Crippen LogP contribution in [0.2, 0.25) is 0 Å². The summed E-state index contributed by atoms with van der Waals surface area (Å²) in [6.45, 7) is 8.38. The molecule has 1 aliphatic rings. The molecule has 20 heavy (non-hydrogen) atoms. The Bertz CT molecular complexity index is 456. The quantitative estimate of drug-likeness (QED) is 0.891. The zero-order valence-corrected chi connectivity index (χ0v) is 13.8. The lowest BCUT2D eigenvalue weighted by molar-refractivity contribution is 0.124. The second-order valence-corrected chi connectivity index (χ2v) is 8.09. The van der Waals surface area contributed by atoms with Crippen molar-refractivity contribution in [2.24, 2.45) is 5.92 Å². The lowest BCUT2D eigenvalue weighted by atomic mass is 9.91. The van der Waals surface area contributed by atoms with Crippen LogP contribution in [0.3, 0.4) is 0 Å². The third-order valence-electron chi connectivity index (χ3n) is 3.44. The number of pyridine rings is 1. The van der Waals surface area contributed by atoms with Crippen LogP contribution in [0.5, 0.6) is 5.88 Å². The first kappa shape index (κ1) is 15.5. The summed E-state index contributed by atoms with van der Waals surface area (Å²) in [5.41, 5.74) is 6.29. The van der Waals surface area contributed by atoms with E-state index in [4.69, 9.17) is 10.5 Å². The molecular formula is C16H26N2OS. The second-order valence-electron chi connectivity index (χ2n) is 6.77. The van der Waals surface area contributed by atoms with Gasteiger partial charge in [0.15, 0.2) is 0 Å². The van der Waals surface area contributed by atoms with Gasteiger partial charge in [-0.15, -0.1) is 11.8 Å². The van der Waals surface area contributed by atoms with Crippen LogP contribution in [0.15, 0.2) is 17.2 Å². The van der Waals surface area contributed by atoms with Gasteiger partial charge in [-0.25, -0.2) is 4.98 Å².